The van der Waals surface area contributed by atoms with Crippen LogP contribution < -0.4 is 15.9 Å². The minimum Gasteiger partial charge on any atom is -0.496 e. The number of carbonyl (C=O) groups is 1. The molecule has 2 aromatic carbocycles. The SMILES string of the molecule is COc1ccccc1-c1nnc(SCC(=O)Nc2ccc(C)cc2Br)n1N. The predicted molar refractivity (Wildman–Crippen MR) is 110 cm³/mol. The fraction of sp³-hybridized carbons (Fsp3) is 0.167. The van der Waals surface area contributed by atoms with E-state index < -0.39 is 0 Å². The Kier molecular flexibility index (Phi) is 6.02. The first-order chi connectivity index (χ1) is 13.0. The highest BCUT2D eigenvalue weighted by atomic mass is 79.9. The topological polar surface area (TPSA) is 95.1 Å². The summed E-state index contributed by atoms with van der Waals surface area (Å²) < 4.78 is 7.53. The molecule has 1 heterocycles. The predicted octanol–water partition coefficient (Wildman–Crippen LogP) is 3.47. The molecule has 27 heavy (non-hydrogen) atoms. The van der Waals surface area contributed by atoms with Crippen LogP contribution in [0.1, 0.15) is 5.56 Å². The molecule has 0 aliphatic heterocycles. The second-order valence-corrected chi connectivity index (χ2v) is 7.49. The molecule has 3 aromatic rings. The summed E-state index contributed by atoms with van der Waals surface area (Å²) in [5.41, 5.74) is 2.55. The largest absolute Gasteiger partial charge is 0.496 e. The minimum absolute atomic E-state index is 0.154. The van der Waals surface area contributed by atoms with E-state index in [0.717, 1.165) is 21.3 Å². The summed E-state index contributed by atoms with van der Waals surface area (Å²) in [6.07, 6.45) is 0. The molecular formula is C18H18BrN5O2S. The summed E-state index contributed by atoms with van der Waals surface area (Å²) in [5, 5.41) is 11.5. The number of aromatic nitrogens is 3. The fourth-order valence-corrected chi connectivity index (χ4v) is 3.68. The molecule has 7 nitrogen and oxygen atoms in total. The van der Waals surface area contributed by atoms with Gasteiger partial charge in [-0.1, -0.05) is 30.0 Å². The van der Waals surface area contributed by atoms with E-state index in [1.165, 1.54) is 16.4 Å². The highest BCUT2D eigenvalue weighted by Crippen LogP contribution is 2.29. The Labute approximate surface area is 169 Å². The molecule has 0 radical (unpaired) electrons. The number of para-hydroxylation sites is 1. The van der Waals surface area contributed by atoms with E-state index in [0.29, 0.717) is 16.7 Å². The fourth-order valence-electron chi connectivity index (χ4n) is 2.43. The van der Waals surface area contributed by atoms with Crippen LogP contribution in [0.5, 0.6) is 5.75 Å². The molecule has 0 saturated heterocycles. The summed E-state index contributed by atoms with van der Waals surface area (Å²) in [6, 6.07) is 13.1. The molecular weight excluding hydrogens is 430 g/mol. The zero-order valence-electron chi connectivity index (χ0n) is 14.8. The van der Waals surface area contributed by atoms with Gasteiger partial charge >= 0.3 is 0 Å². The maximum atomic E-state index is 12.2. The van der Waals surface area contributed by atoms with Crippen LogP contribution in [-0.2, 0) is 4.79 Å². The Balaban J connectivity index is 1.68. The van der Waals surface area contributed by atoms with Crippen LogP contribution in [-0.4, -0.2) is 33.6 Å². The number of nitrogen functional groups attached to an aromatic ring is 1. The number of carbonyl (C=O) groups excluding carboxylic acids is 1. The molecule has 140 valence electrons. The van der Waals surface area contributed by atoms with Gasteiger partial charge in [0.05, 0.1) is 24.1 Å². The smallest absolute Gasteiger partial charge is 0.234 e. The van der Waals surface area contributed by atoms with Crippen LogP contribution >= 0.6 is 27.7 Å². The van der Waals surface area contributed by atoms with Gasteiger partial charge in [0.1, 0.15) is 5.75 Å². The van der Waals surface area contributed by atoms with Crippen molar-refractivity contribution in [3.05, 3.63) is 52.5 Å². The Bertz CT molecular complexity index is 976. The first-order valence-electron chi connectivity index (χ1n) is 8.02. The maximum absolute atomic E-state index is 12.2. The number of aryl methyl sites for hydroxylation is 1. The molecule has 0 aliphatic carbocycles. The van der Waals surface area contributed by atoms with Crippen molar-refractivity contribution in [1.29, 1.82) is 0 Å². The standard InChI is InChI=1S/C18H18BrN5O2S/c1-11-7-8-14(13(19)9-11)21-16(25)10-27-18-23-22-17(24(18)20)12-5-3-4-6-15(12)26-2/h3-9H,10,20H2,1-2H3,(H,21,25). The molecule has 3 rings (SSSR count). The van der Waals surface area contributed by atoms with Gasteiger partial charge in [-0.15, -0.1) is 10.2 Å². The van der Waals surface area contributed by atoms with Crippen molar-refractivity contribution in [2.24, 2.45) is 0 Å². The molecule has 0 aliphatic rings. The number of halogens is 1. The van der Waals surface area contributed by atoms with Crippen molar-refractivity contribution < 1.29 is 9.53 Å². The van der Waals surface area contributed by atoms with Crippen LogP contribution in [0.4, 0.5) is 5.69 Å². The van der Waals surface area contributed by atoms with E-state index >= 15 is 0 Å². The first-order valence-corrected chi connectivity index (χ1v) is 9.80. The molecule has 9 heteroatoms. The lowest BCUT2D eigenvalue weighted by Crippen LogP contribution is -2.16. The highest BCUT2D eigenvalue weighted by Gasteiger charge is 2.17. The number of thioether (sulfide) groups is 1. The van der Waals surface area contributed by atoms with E-state index in [1.807, 2.05) is 49.4 Å². The summed E-state index contributed by atoms with van der Waals surface area (Å²) in [5.74, 6) is 7.23. The Morgan fingerprint density at radius 1 is 1.30 bits per heavy atom. The van der Waals surface area contributed by atoms with Crippen LogP contribution in [0.3, 0.4) is 0 Å². The molecule has 0 bridgehead atoms. The van der Waals surface area contributed by atoms with Crippen molar-refractivity contribution in [3.8, 4) is 17.1 Å². The van der Waals surface area contributed by atoms with E-state index in [4.69, 9.17) is 10.6 Å². The second-order valence-electron chi connectivity index (χ2n) is 5.70. The van der Waals surface area contributed by atoms with Gasteiger partial charge in [-0.25, -0.2) is 4.68 Å². The summed E-state index contributed by atoms with van der Waals surface area (Å²) in [4.78, 5) is 12.2. The molecule has 0 saturated carbocycles. The average Bonchev–Trinajstić information content (AvgIpc) is 3.02. The van der Waals surface area contributed by atoms with Crippen LogP contribution in [0, 0.1) is 6.92 Å². The molecule has 1 aromatic heterocycles. The Morgan fingerprint density at radius 3 is 2.81 bits per heavy atom. The van der Waals surface area contributed by atoms with Gasteiger partial charge in [-0.2, -0.15) is 0 Å². The minimum atomic E-state index is -0.161. The Morgan fingerprint density at radius 2 is 2.07 bits per heavy atom. The van der Waals surface area contributed by atoms with E-state index in [9.17, 15) is 4.79 Å². The van der Waals surface area contributed by atoms with Crippen molar-refractivity contribution in [1.82, 2.24) is 14.9 Å². The zero-order valence-corrected chi connectivity index (χ0v) is 17.2. The number of benzene rings is 2. The highest BCUT2D eigenvalue weighted by molar-refractivity contribution is 9.10. The number of rotatable bonds is 6. The van der Waals surface area contributed by atoms with Gasteiger partial charge in [0, 0.05) is 4.47 Å². The number of hydrogen-bond acceptors (Lipinski definition) is 6. The molecule has 0 spiro atoms. The zero-order chi connectivity index (χ0) is 19.4. The number of nitrogens with zero attached hydrogens (tertiary/aromatic N) is 3. The molecule has 3 N–H and O–H groups in total. The Hall–Kier alpha value is -2.52. The van der Waals surface area contributed by atoms with Crippen molar-refractivity contribution in [2.45, 2.75) is 12.1 Å². The number of anilines is 1. The van der Waals surface area contributed by atoms with Gasteiger partial charge < -0.3 is 15.9 Å². The molecule has 0 fully saturated rings. The van der Waals surface area contributed by atoms with E-state index in [-0.39, 0.29) is 11.7 Å². The number of amides is 1. The van der Waals surface area contributed by atoms with Gasteiger partial charge in [-0.05, 0) is 52.7 Å². The van der Waals surface area contributed by atoms with Crippen LogP contribution in [0.25, 0.3) is 11.4 Å². The number of nitrogens with two attached hydrogens (primary N) is 1. The van der Waals surface area contributed by atoms with E-state index in [2.05, 4.69) is 31.4 Å². The lowest BCUT2D eigenvalue weighted by molar-refractivity contribution is -0.113. The third-order valence-corrected chi connectivity index (χ3v) is 5.34. The number of hydrogen-bond donors (Lipinski definition) is 2. The number of methoxy groups -OCH3 is 1. The molecule has 0 atom stereocenters. The summed E-state index contributed by atoms with van der Waals surface area (Å²) in [7, 11) is 1.58. The van der Waals surface area contributed by atoms with Crippen molar-refractivity contribution >= 4 is 39.3 Å². The van der Waals surface area contributed by atoms with Crippen LogP contribution in [0.2, 0.25) is 0 Å². The number of ether oxygens (including phenoxy) is 1. The van der Waals surface area contributed by atoms with Crippen molar-refractivity contribution in [2.75, 3.05) is 24.0 Å². The molecule has 0 unspecified atom stereocenters. The van der Waals surface area contributed by atoms with Gasteiger partial charge in [0.15, 0.2) is 5.82 Å². The first kappa shape index (κ1) is 19.2. The second kappa shape index (κ2) is 8.45. The van der Waals surface area contributed by atoms with E-state index in [1.54, 1.807) is 7.11 Å². The third-order valence-electron chi connectivity index (χ3n) is 3.74. The maximum Gasteiger partial charge on any atom is 0.234 e. The number of nitrogens with one attached hydrogen (secondary N) is 1. The van der Waals surface area contributed by atoms with Gasteiger partial charge in [0.2, 0.25) is 11.1 Å². The van der Waals surface area contributed by atoms with Crippen LogP contribution in [0.15, 0.2) is 52.1 Å². The van der Waals surface area contributed by atoms with Crippen molar-refractivity contribution in [3.63, 3.8) is 0 Å². The van der Waals surface area contributed by atoms with Gasteiger partial charge in [0.25, 0.3) is 0 Å². The summed E-state index contributed by atoms with van der Waals surface area (Å²) in [6.45, 7) is 1.99. The lowest BCUT2D eigenvalue weighted by Gasteiger charge is -2.09. The quantitative estimate of drug-likeness (QED) is 0.443. The monoisotopic (exact) mass is 447 g/mol. The normalized spacial score (nSPS) is 10.6. The van der Waals surface area contributed by atoms with Gasteiger partial charge in [-0.3, -0.25) is 4.79 Å². The lowest BCUT2D eigenvalue weighted by atomic mass is 10.2. The summed E-state index contributed by atoms with van der Waals surface area (Å²) >= 11 is 4.65. The third kappa shape index (κ3) is 4.42. The molecule has 1 amide bonds. The average molecular weight is 448 g/mol.